The van der Waals surface area contributed by atoms with Gasteiger partial charge in [0.2, 0.25) is 0 Å². The number of carbonyl (C=O) groups excluding carboxylic acids is 1. The lowest BCUT2D eigenvalue weighted by atomic mass is 10.2. The highest BCUT2D eigenvalue weighted by Gasteiger charge is 1.98. The molecule has 0 bridgehead atoms. The molecule has 0 saturated heterocycles. The maximum absolute atomic E-state index is 10.8. The van der Waals surface area contributed by atoms with E-state index in [4.69, 9.17) is 0 Å². The highest BCUT2D eigenvalue weighted by molar-refractivity contribution is 7.07. The fourth-order valence-electron chi connectivity index (χ4n) is 1.25. The Hall–Kier alpha value is -0.870. The van der Waals surface area contributed by atoms with Crippen molar-refractivity contribution < 1.29 is 9.53 Å². The molecule has 0 aliphatic rings. The molecule has 1 N–H and O–H groups in total. The van der Waals surface area contributed by atoms with Crippen LogP contribution >= 0.6 is 11.3 Å². The Balaban J connectivity index is 1.91. The number of thiophene rings is 1. The molecule has 0 radical (unpaired) electrons. The van der Waals surface area contributed by atoms with Gasteiger partial charge in [-0.05, 0) is 48.3 Å². The summed E-state index contributed by atoms with van der Waals surface area (Å²) in [7, 11) is 1.42. The molecule has 0 aliphatic carbocycles. The van der Waals surface area contributed by atoms with Crippen LogP contribution < -0.4 is 5.32 Å². The minimum Gasteiger partial charge on any atom is -0.469 e. The number of hydrogen-bond acceptors (Lipinski definition) is 4. The van der Waals surface area contributed by atoms with E-state index in [2.05, 4.69) is 26.9 Å². The molecule has 1 aromatic heterocycles. The summed E-state index contributed by atoms with van der Waals surface area (Å²) in [5.74, 6) is -0.130. The van der Waals surface area contributed by atoms with Crippen LogP contribution in [0.4, 0.5) is 0 Å². The second kappa shape index (κ2) is 7.43. The molecule has 0 atom stereocenters. The topological polar surface area (TPSA) is 38.3 Å². The van der Waals surface area contributed by atoms with E-state index in [0.717, 1.165) is 25.9 Å². The highest BCUT2D eigenvalue weighted by atomic mass is 32.1. The lowest BCUT2D eigenvalue weighted by Crippen LogP contribution is -2.19. The third kappa shape index (κ3) is 5.54. The number of methoxy groups -OCH3 is 1. The summed E-state index contributed by atoms with van der Waals surface area (Å²) in [6.07, 6.45) is 2.40. The van der Waals surface area contributed by atoms with Gasteiger partial charge >= 0.3 is 5.97 Å². The van der Waals surface area contributed by atoms with Gasteiger partial charge in [0.25, 0.3) is 0 Å². The van der Waals surface area contributed by atoms with Crippen LogP contribution in [-0.4, -0.2) is 26.2 Å². The van der Waals surface area contributed by atoms with Gasteiger partial charge in [0.05, 0.1) is 7.11 Å². The molecule has 0 amide bonds. The SMILES string of the molecule is COC(=O)CCCNCCc1ccsc1. The summed E-state index contributed by atoms with van der Waals surface area (Å²) in [5.41, 5.74) is 1.38. The molecule has 0 aliphatic heterocycles. The van der Waals surface area contributed by atoms with Crippen molar-refractivity contribution in [1.29, 1.82) is 0 Å². The van der Waals surface area contributed by atoms with Crippen LogP contribution in [0.15, 0.2) is 16.8 Å². The number of nitrogens with one attached hydrogen (secondary N) is 1. The van der Waals surface area contributed by atoms with Gasteiger partial charge in [-0.3, -0.25) is 4.79 Å². The molecule has 1 heterocycles. The molecule has 0 saturated carbocycles. The molecule has 0 aromatic carbocycles. The van der Waals surface area contributed by atoms with E-state index in [1.54, 1.807) is 11.3 Å². The standard InChI is InChI=1S/C11H17NO2S/c1-14-11(13)3-2-6-12-7-4-10-5-8-15-9-10/h5,8-9,12H,2-4,6-7H2,1H3. The zero-order valence-electron chi connectivity index (χ0n) is 8.99. The number of hydrogen-bond donors (Lipinski definition) is 1. The van der Waals surface area contributed by atoms with Crippen LogP contribution in [0.5, 0.6) is 0 Å². The monoisotopic (exact) mass is 227 g/mol. The lowest BCUT2D eigenvalue weighted by Gasteiger charge is -2.02. The van der Waals surface area contributed by atoms with Gasteiger partial charge in [-0.25, -0.2) is 0 Å². The van der Waals surface area contributed by atoms with Gasteiger partial charge in [-0.2, -0.15) is 11.3 Å². The fourth-order valence-corrected chi connectivity index (χ4v) is 1.96. The third-order valence-corrected chi connectivity index (χ3v) is 2.86. The van der Waals surface area contributed by atoms with E-state index in [1.807, 2.05) is 0 Å². The number of esters is 1. The molecule has 0 spiro atoms. The van der Waals surface area contributed by atoms with E-state index in [-0.39, 0.29) is 5.97 Å². The Labute approximate surface area is 94.5 Å². The van der Waals surface area contributed by atoms with E-state index >= 15 is 0 Å². The Kier molecular flexibility index (Phi) is 6.04. The molecule has 3 nitrogen and oxygen atoms in total. The smallest absolute Gasteiger partial charge is 0.305 e. The van der Waals surface area contributed by atoms with Crippen molar-refractivity contribution in [2.45, 2.75) is 19.3 Å². The summed E-state index contributed by atoms with van der Waals surface area (Å²) in [6.45, 7) is 1.84. The Bertz CT molecular complexity index is 272. The first kappa shape index (κ1) is 12.2. The van der Waals surface area contributed by atoms with Crippen LogP contribution in [0.25, 0.3) is 0 Å². The van der Waals surface area contributed by atoms with Crippen molar-refractivity contribution >= 4 is 17.3 Å². The average Bonchev–Trinajstić information content (AvgIpc) is 2.75. The molecule has 1 aromatic rings. The van der Waals surface area contributed by atoms with E-state index in [9.17, 15) is 4.79 Å². The minimum absolute atomic E-state index is 0.130. The van der Waals surface area contributed by atoms with Crippen LogP contribution in [-0.2, 0) is 16.0 Å². The van der Waals surface area contributed by atoms with E-state index in [1.165, 1.54) is 12.7 Å². The normalized spacial score (nSPS) is 10.2. The zero-order chi connectivity index (χ0) is 10.9. The van der Waals surface area contributed by atoms with Crippen molar-refractivity contribution in [2.75, 3.05) is 20.2 Å². The average molecular weight is 227 g/mol. The van der Waals surface area contributed by atoms with Crippen LogP contribution in [0.1, 0.15) is 18.4 Å². The maximum Gasteiger partial charge on any atom is 0.305 e. The van der Waals surface area contributed by atoms with Gasteiger partial charge in [0, 0.05) is 6.42 Å². The quantitative estimate of drug-likeness (QED) is 0.570. The molecular formula is C11H17NO2S. The van der Waals surface area contributed by atoms with Crippen molar-refractivity contribution in [3.05, 3.63) is 22.4 Å². The van der Waals surface area contributed by atoms with Gasteiger partial charge in [-0.15, -0.1) is 0 Å². The van der Waals surface area contributed by atoms with Gasteiger partial charge < -0.3 is 10.1 Å². The summed E-state index contributed by atoms with van der Waals surface area (Å²) in [4.78, 5) is 10.8. The molecule has 4 heteroatoms. The summed E-state index contributed by atoms with van der Waals surface area (Å²) in [6, 6.07) is 2.14. The summed E-state index contributed by atoms with van der Waals surface area (Å²) < 4.78 is 4.55. The van der Waals surface area contributed by atoms with Crippen molar-refractivity contribution in [3.8, 4) is 0 Å². The van der Waals surface area contributed by atoms with Crippen molar-refractivity contribution in [1.82, 2.24) is 5.32 Å². The predicted octanol–water partition coefficient (Wildman–Crippen LogP) is 1.83. The number of ether oxygens (including phenoxy) is 1. The maximum atomic E-state index is 10.8. The lowest BCUT2D eigenvalue weighted by molar-refractivity contribution is -0.140. The van der Waals surface area contributed by atoms with Crippen LogP contribution in [0, 0.1) is 0 Å². The third-order valence-electron chi connectivity index (χ3n) is 2.13. The predicted molar refractivity (Wildman–Crippen MR) is 62.1 cm³/mol. The largest absolute Gasteiger partial charge is 0.469 e. The summed E-state index contributed by atoms with van der Waals surface area (Å²) in [5, 5.41) is 7.55. The molecule has 0 fully saturated rings. The van der Waals surface area contributed by atoms with Crippen molar-refractivity contribution in [3.63, 3.8) is 0 Å². The number of rotatable bonds is 7. The van der Waals surface area contributed by atoms with Gasteiger partial charge in [0.1, 0.15) is 0 Å². The molecular weight excluding hydrogens is 210 g/mol. The van der Waals surface area contributed by atoms with E-state index in [0.29, 0.717) is 6.42 Å². The molecule has 15 heavy (non-hydrogen) atoms. The molecule has 1 rings (SSSR count). The second-order valence-electron chi connectivity index (χ2n) is 3.31. The minimum atomic E-state index is -0.130. The number of carbonyl (C=O) groups is 1. The highest BCUT2D eigenvalue weighted by Crippen LogP contribution is 2.05. The Morgan fingerprint density at radius 2 is 2.40 bits per heavy atom. The first-order valence-electron chi connectivity index (χ1n) is 5.11. The van der Waals surface area contributed by atoms with E-state index < -0.39 is 0 Å². The second-order valence-corrected chi connectivity index (χ2v) is 4.09. The first-order chi connectivity index (χ1) is 7.33. The van der Waals surface area contributed by atoms with Crippen molar-refractivity contribution in [2.24, 2.45) is 0 Å². The van der Waals surface area contributed by atoms with Gasteiger partial charge in [0.15, 0.2) is 0 Å². The molecule has 0 unspecified atom stereocenters. The molecule has 84 valence electrons. The Morgan fingerprint density at radius 3 is 3.07 bits per heavy atom. The summed E-state index contributed by atoms with van der Waals surface area (Å²) >= 11 is 1.73. The van der Waals surface area contributed by atoms with Gasteiger partial charge in [-0.1, -0.05) is 0 Å². The fraction of sp³-hybridized carbons (Fsp3) is 0.545. The first-order valence-corrected chi connectivity index (χ1v) is 6.06. The van der Waals surface area contributed by atoms with Crippen LogP contribution in [0.2, 0.25) is 0 Å². The Morgan fingerprint density at radius 1 is 1.53 bits per heavy atom. The zero-order valence-corrected chi connectivity index (χ0v) is 9.81. The van der Waals surface area contributed by atoms with Crippen LogP contribution in [0.3, 0.4) is 0 Å².